The fraction of sp³-hybridized carbons (Fsp3) is 0.929. The predicted octanol–water partition coefficient (Wildman–Crippen LogP) is 2.46. The first-order valence-corrected chi connectivity index (χ1v) is 7.26. The number of nitrogens with one attached hydrogen (secondary N) is 2. The second kappa shape index (κ2) is 8.51. The van der Waals surface area contributed by atoms with Gasteiger partial charge in [0.25, 0.3) is 0 Å². The highest BCUT2D eigenvalue weighted by Gasteiger charge is 2.21. The Labute approximate surface area is 106 Å². The van der Waals surface area contributed by atoms with E-state index in [1.54, 1.807) is 0 Å². The van der Waals surface area contributed by atoms with Gasteiger partial charge in [-0.25, -0.2) is 0 Å². The standard InChI is InChI=1S/C14H28N2O/c1-3-5-7-13(6-4-2)15-11-14(17)16-10-12-8-9-12/h12-13,15H,3-11H2,1-2H3,(H,16,17). The van der Waals surface area contributed by atoms with Gasteiger partial charge in [0, 0.05) is 12.6 Å². The number of carbonyl (C=O) groups is 1. The molecule has 2 N–H and O–H groups in total. The molecule has 0 aromatic heterocycles. The van der Waals surface area contributed by atoms with E-state index in [1.807, 2.05) is 0 Å². The molecule has 1 rings (SSSR count). The fourth-order valence-corrected chi connectivity index (χ4v) is 2.03. The quantitative estimate of drug-likeness (QED) is 0.616. The van der Waals surface area contributed by atoms with Crippen LogP contribution in [0.3, 0.4) is 0 Å². The molecule has 17 heavy (non-hydrogen) atoms. The van der Waals surface area contributed by atoms with Crippen molar-refractivity contribution in [3.63, 3.8) is 0 Å². The van der Waals surface area contributed by atoms with E-state index < -0.39 is 0 Å². The minimum atomic E-state index is 0.162. The Morgan fingerprint density at radius 3 is 2.59 bits per heavy atom. The average Bonchev–Trinajstić information content (AvgIpc) is 3.14. The van der Waals surface area contributed by atoms with Gasteiger partial charge in [0.05, 0.1) is 6.54 Å². The summed E-state index contributed by atoms with van der Waals surface area (Å²) >= 11 is 0. The summed E-state index contributed by atoms with van der Waals surface area (Å²) in [5.74, 6) is 0.931. The molecule has 1 atom stereocenters. The number of carbonyl (C=O) groups excluding carboxylic acids is 1. The molecule has 0 radical (unpaired) electrons. The first-order chi connectivity index (χ1) is 8.26. The van der Waals surface area contributed by atoms with Crippen LogP contribution in [0.15, 0.2) is 0 Å². The summed E-state index contributed by atoms with van der Waals surface area (Å²) in [4.78, 5) is 11.6. The molecule has 0 saturated heterocycles. The van der Waals surface area contributed by atoms with Crippen LogP contribution >= 0.6 is 0 Å². The Kier molecular flexibility index (Phi) is 7.25. The SMILES string of the molecule is CCCCC(CCC)NCC(=O)NCC1CC1. The molecule has 0 heterocycles. The van der Waals surface area contributed by atoms with E-state index in [9.17, 15) is 4.79 Å². The minimum absolute atomic E-state index is 0.162. The molecule has 1 saturated carbocycles. The Hall–Kier alpha value is -0.570. The third-order valence-corrected chi connectivity index (χ3v) is 3.38. The lowest BCUT2D eigenvalue weighted by Gasteiger charge is -2.17. The first-order valence-electron chi connectivity index (χ1n) is 7.26. The van der Waals surface area contributed by atoms with Gasteiger partial charge in [-0.15, -0.1) is 0 Å². The third-order valence-electron chi connectivity index (χ3n) is 3.38. The molecule has 0 spiro atoms. The van der Waals surface area contributed by atoms with Crippen LogP contribution in [0.5, 0.6) is 0 Å². The lowest BCUT2D eigenvalue weighted by molar-refractivity contribution is -0.120. The summed E-state index contributed by atoms with van der Waals surface area (Å²) in [6.07, 6.45) is 8.63. The average molecular weight is 240 g/mol. The number of hydrogen-bond donors (Lipinski definition) is 2. The van der Waals surface area contributed by atoms with Crippen LogP contribution in [0, 0.1) is 5.92 Å². The molecule has 0 aromatic rings. The normalized spacial score (nSPS) is 16.8. The fourth-order valence-electron chi connectivity index (χ4n) is 2.03. The second-order valence-electron chi connectivity index (χ2n) is 5.26. The van der Waals surface area contributed by atoms with Crippen LogP contribution in [-0.2, 0) is 4.79 Å². The van der Waals surface area contributed by atoms with E-state index in [-0.39, 0.29) is 5.91 Å². The highest BCUT2D eigenvalue weighted by Crippen LogP contribution is 2.27. The van der Waals surface area contributed by atoms with Crippen molar-refractivity contribution in [1.82, 2.24) is 10.6 Å². The number of rotatable bonds is 10. The lowest BCUT2D eigenvalue weighted by Crippen LogP contribution is -2.39. The molecule has 3 nitrogen and oxygen atoms in total. The van der Waals surface area contributed by atoms with Crippen molar-refractivity contribution in [3.8, 4) is 0 Å². The van der Waals surface area contributed by atoms with Crippen molar-refractivity contribution >= 4 is 5.91 Å². The molecular formula is C14H28N2O. The zero-order chi connectivity index (χ0) is 12.5. The van der Waals surface area contributed by atoms with Gasteiger partial charge < -0.3 is 10.6 Å². The third kappa shape index (κ3) is 7.37. The molecule has 0 aliphatic heterocycles. The Morgan fingerprint density at radius 2 is 2.00 bits per heavy atom. The van der Waals surface area contributed by atoms with Crippen LogP contribution in [0.4, 0.5) is 0 Å². The van der Waals surface area contributed by atoms with E-state index in [2.05, 4.69) is 24.5 Å². The van der Waals surface area contributed by atoms with Gasteiger partial charge in [0.2, 0.25) is 5.91 Å². The topological polar surface area (TPSA) is 41.1 Å². The van der Waals surface area contributed by atoms with Gasteiger partial charge >= 0.3 is 0 Å². The first kappa shape index (κ1) is 14.5. The maximum absolute atomic E-state index is 11.6. The molecule has 1 amide bonds. The summed E-state index contributed by atoms with van der Waals surface area (Å²) in [5, 5.41) is 6.38. The van der Waals surface area contributed by atoms with Crippen molar-refractivity contribution in [3.05, 3.63) is 0 Å². The summed E-state index contributed by atoms with van der Waals surface area (Å²) in [5.41, 5.74) is 0. The van der Waals surface area contributed by atoms with Crippen LogP contribution in [0.1, 0.15) is 58.8 Å². The van der Waals surface area contributed by atoms with Gasteiger partial charge in [-0.3, -0.25) is 4.79 Å². The maximum Gasteiger partial charge on any atom is 0.233 e. The van der Waals surface area contributed by atoms with E-state index >= 15 is 0 Å². The molecule has 0 bridgehead atoms. The zero-order valence-corrected chi connectivity index (χ0v) is 11.4. The summed E-state index contributed by atoms with van der Waals surface area (Å²) in [6.45, 7) is 5.79. The lowest BCUT2D eigenvalue weighted by atomic mass is 10.1. The minimum Gasteiger partial charge on any atom is -0.355 e. The zero-order valence-electron chi connectivity index (χ0n) is 11.4. The van der Waals surface area contributed by atoms with Crippen LogP contribution in [0.25, 0.3) is 0 Å². The smallest absolute Gasteiger partial charge is 0.233 e. The molecule has 1 aliphatic carbocycles. The van der Waals surface area contributed by atoms with Crippen LogP contribution in [-0.4, -0.2) is 25.0 Å². The summed E-state index contributed by atoms with van der Waals surface area (Å²) in [7, 11) is 0. The van der Waals surface area contributed by atoms with E-state index in [4.69, 9.17) is 0 Å². The van der Waals surface area contributed by atoms with Crippen LogP contribution < -0.4 is 10.6 Å². The number of hydrogen-bond acceptors (Lipinski definition) is 2. The Bertz CT molecular complexity index is 214. The van der Waals surface area contributed by atoms with Crippen molar-refractivity contribution in [2.45, 2.75) is 64.8 Å². The Balaban J connectivity index is 2.07. The highest BCUT2D eigenvalue weighted by atomic mass is 16.1. The predicted molar refractivity (Wildman–Crippen MR) is 72.0 cm³/mol. The number of unbranched alkanes of at least 4 members (excludes halogenated alkanes) is 1. The monoisotopic (exact) mass is 240 g/mol. The van der Waals surface area contributed by atoms with Crippen molar-refractivity contribution in [1.29, 1.82) is 0 Å². The largest absolute Gasteiger partial charge is 0.355 e. The molecule has 3 heteroatoms. The molecule has 1 aliphatic rings. The highest BCUT2D eigenvalue weighted by molar-refractivity contribution is 5.78. The van der Waals surface area contributed by atoms with Gasteiger partial charge in [-0.05, 0) is 31.6 Å². The van der Waals surface area contributed by atoms with E-state index in [1.165, 1.54) is 44.9 Å². The molecule has 100 valence electrons. The summed E-state index contributed by atoms with van der Waals surface area (Å²) < 4.78 is 0. The van der Waals surface area contributed by atoms with Crippen molar-refractivity contribution in [2.24, 2.45) is 5.92 Å². The Morgan fingerprint density at radius 1 is 1.24 bits per heavy atom. The van der Waals surface area contributed by atoms with Crippen molar-refractivity contribution in [2.75, 3.05) is 13.1 Å². The van der Waals surface area contributed by atoms with Gasteiger partial charge in [0.15, 0.2) is 0 Å². The van der Waals surface area contributed by atoms with E-state index in [0.29, 0.717) is 12.6 Å². The second-order valence-corrected chi connectivity index (χ2v) is 5.26. The van der Waals surface area contributed by atoms with Gasteiger partial charge in [-0.1, -0.05) is 33.1 Å². The number of amides is 1. The van der Waals surface area contributed by atoms with Gasteiger partial charge in [-0.2, -0.15) is 0 Å². The molecule has 1 fully saturated rings. The van der Waals surface area contributed by atoms with Gasteiger partial charge in [0.1, 0.15) is 0 Å². The molecule has 1 unspecified atom stereocenters. The van der Waals surface area contributed by atoms with Crippen LogP contribution in [0.2, 0.25) is 0 Å². The van der Waals surface area contributed by atoms with E-state index in [0.717, 1.165) is 12.5 Å². The maximum atomic E-state index is 11.6. The molecular weight excluding hydrogens is 212 g/mol. The summed E-state index contributed by atoms with van der Waals surface area (Å²) in [6, 6.07) is 0.520. The molecule has 0 aromatic carbocycles. The van der Waals surface area contributed by atoms with Crippen molar-refractivity contribution < 1.29 is 4.79 Å².